The van der Waals surface area contributed by atoms with Gasteiger partial charge in [-0.25, -0.2) is 0 Å². The van der Waals surface area contributed by atoms with Crippen molar-refractivity contribution in [1.29, 1.82) is 0 Å². The number of carbonyl (C=O) groups excluding carboxylic acids is 1. The lowest BCUT2D eigenvalue weighted by Gasteiger charge is -2.12. The molecule has 0 saturated heterocycles. The summed E-state index contributed by atoms with van der Waals surface area (Å²) < 4.78 is 0. The maximum atomic E-state index is 11.5. The van der Waals surface area contributed by atoms with E-state index in [2.05, 4.69) is 4.98 Å². The molecule has 0 bridgehead atoms. The summed E-state index contributed by atoms with van der Waals surface area (Å²) in [6.07, 6.45) is 2.24. The lowest BCUT2D eigenvalue weighted by Crippen LogP contribution is -2.35. The first-order valence-corrected chi connectivity index (χ1v) is 5.80. The first-order valence-electron chi connectivity index (χ1n) is 5.80. The molecule has 0 aliphatic heterocycles. The van der Waals surface area contributed by atoms with Gasteiger partial charge in [0.05, 0.1) is 6.04 Å². The van der Waals surface area contributed by atoms with Crippen LogP contribution in [0.3, 0.4) is 0 Å². The first-order chi connectivity index (χ1) is 7.61. The molecule has 3 heteroatoms. The van der Waals surface area contributed by atoms with Crippen molar-refractivity contribution in [3.05, 3.63) is 30.1 Å². The number of ketones is 1. The molecule has 0 radical (unpaired) electrons. The Morgan fingerprint density at radius 2 is 2.06 bits per heavy atom. The quantitative estimate of drug-likeness (QED) is 0.854. The predicted octanol–water partition coefficient (Wildman–Crippen LogP) is 2.45. The lowest BCUT2D eigenvalue weighted by molar-refractivity contribution is -0.123. The van der Waals surface area contributed by atoms with Crippen molar-refractivity contribution in [3.8, 4) is 0 Å². The summed E-state index contributed by atoms with van der Waals surface area (Å²) in [4.78, 5) is 15.6. The molecule has 0 saturated carbocycles. The highest BCUT2D eigenvalue weighted by Crippen LogP contribution is 2.03. The summed E-state index contributed by atoms with van der Waals surface area (Å²) in [6.45, 7) is 7.72. The molecule has 2 N–H and O–H groups in total. The summed E-state index contributed by atoms with van der Waals surface area (Å²) in [5.41, 5.74) is 6.63. The molecule has 0 spiro atoms. The van der Waals surface area contributed by atoms with Gasteiger partial charge in [0, 0.05) is 25.7 Å². The number of Topliss-reactive ketones (excluding diaryl/α,β-unsaturated/α-hetero) is 1. The van der Waals surface area contributed by atoms with Crippen LogP contribution in [0.1, 0.15) is 34.8 Å². The second-order valence-electron chi connectivity index (χ2n) is 3.69. The van der Waals surface area contributed by atoms with Crippen LogP contribution in [0.15, 0.2) is 24.4 Å². The largest absolute Gasteiger partial charge is 0.321 e. The zero-order valence-electron chi connectivity index (χ0n) is 10.6. The summed E-state index contributed by atoms with van der Waals surface area (Å²) in [7, 11) is 0. The van der Waals surface area contributed by atoms with Gasteiger partial charge in [-0.3, -0.25) is 9.78 Å². The fourth-order valence-corrected chi connectivity index (χ4v) is 1.27. The number of nitrogens with two attached hydrogens (primary N) is 1. The van der Waals surface area contributed by atoms with E-state index in [1.54, 1.807) is 6.20 Å². The molecule has 1 aromatic heterocycles. The Kier molecular flexibility index (Phi) is 7.38. The predicted molar refractivity (Wildman–Crippen MR) is 69.2 cm³/mol. The van der Waals surface area contributed by atoms with Gasteiger partial charge < -0.3 is 5.73 Å². The van der Waals surface area contributed by atoms with Crippen molar-refractivity contribution in [2.24, 2.45) is 11.7 Å². The minimum absolute atomic E-state index is 0. The molecule has 0 amide bonds. The van der Waals surface area contributed by atoms with Crippen LogP contribution in [0.25, 0.3) is 0 Å². The van der Waals surface area contributed by atoms with Crippen molar-refractivity contribution < 1.29 is 6.22 Å². The molecule has 3 nitrogen and oxygen atoms in total. The fourth-order valence-electron chi connectivity index (χ4n) is 1.27. The van der Waals surface area contributed by atoms with Gasteiger partial charge in [0.1, 0.15) is 0 Å². The number of nitrogens with zero attached hydrogens (tertiary/aromatic N) is 1. The molecule has 0 aliphatic carbocycles. The van der Waals surface area contributed by atoms with Gasteiger partial charge in [-0.15, -0.1) is 0 Å². The van der Waals surface area contributed by atoms with E-state index in [0.717, 1.165) is 5.69 Å². The van der Waals surface area contributed by atoms with E-state index in [0.29, 0.717) is 6.42 Å². The van der Waals surface area contributed by atoms with Crippen LogP contribution in [-0.2, 0) is 11.2 Å². The van der Waals surface area contributed by atoms with Gasteiger partial charge in [-0.05, 0) is 12.1 Å². The van der Waals surface area contributed by atoms with Crippen LogP contribution in [0.5, 0.6) is 0 Å². The van der Waals surface area contributed by atoms with E-state index >= 15 is 0 Å². The molecule has 1 aromatic rings. The maximum absolute atomic E-state index is 11.5. The van der Waals surface area contributed by atoms with Gasteiger partial charge >= 0.3 is 0 Å². The van der Waals surface area contributed by atoms with Crippen LogP contribution in [0.2, 0.25) is 0 Å². The Balaban J connectivity index is 0. The Morgan fingerprint density at radius 1 is 1.44 bits per heavy atom. The molecular formula is C13H24N2O. The van der Waals surface area contributed by atoms with Crippen LogP contribution in [0.4, 0.5) is 0 Å². The molecule has 1 heterocycles. The number of hydrogen-bond acceptors (Lipinski definition) is 3. The Labute approximate surface area is 99.6 Å². The van der Waals surface area contributed by atoms with E-state index < -0.39 is 6.04 Å². The molecule has 0 aromatic carbocycles. The topological polar surface area (TPSA) is 56.0 Å². The third-order valence-electron chi connectivity index (χ3n) is 2.09. The molecule has 0 unspecified atom stereocenters. The number of aromatic nitrogens is 1. The van der Waals surface area contributed by atoms with Gasteiger partial charge in [0.2, 0.25) is 0 Å². The third-order valence-corrected chi connectivity index (χ3v) is 2.09. The van der Waals surface area contributed by atoms with Crippen LogP contribution < -0.4 is 5.73 Å². The Bertz CT molecular complexity index is 302. The second-order valence-corrected chi connectivity index (χ2v) is 3.69. The number of rotatable bonds is 4. The summed E-state index contributed by atoms with van der Waals surface area (Å²) >= 11 is 0. The lowest BCUT2D eigenvalue weighted by atomic mass is 9.99. The fraction of sp³-hybridized carbons (Fsp3) is 0.538. The highest BCUT2D eigenvalue weighted by Gasteiger charge is 2.17. The van der Waals surface area contributed by atoms with E-state index in [-0.39, 0.29) is 13.1 Å². The van der Waals surface area contributed by atoms with Crippen LogP contribution in [-0.4, -0.2) is 16.8 Å². The standard InChI is InChI=1S/C11H16N2O.C2H6.H2/c1-8(2)11(14)10(12)7-9-5-3-4-6-13-9;1-2;/h3-6,8,10H,7,12H2,1-2H3;1-2H3;1H/t10-;;/m0../s1. The second kappa shape index (κ2) is 7.99. The molecule has 16 heavy (non-hydrogen) atoms. The van der Waals surface area contributed by atoms with Crippen LogP contribution >= 0.6 is 0 Å². The smallest absolute Gasteiger partial charge is 0.152 e. The van der Waals surface area contributed by atoms with Crippen molar-refractivity contribution in [2.75, 3.05) is 0 Å². The highest BCUT2D eigenvalue weighted by atomic mass is 16.1. The Hall–Kier alpha value is -1.22. The van der Waals surface area contributed by atoms with Crippen molar-refractivity contribution in [1.82, 2.24) is 4.98 Å². The summed E-state index contributed by atoms with van der Waals surface area (Å²) in [5, 5.41) is 0. The van der Waals surface area contributed by atoms with Gasteiger partial charge in [-0.2, -0.15) is 0 Å². The normalized spacial score (nSPS) is 11.6. The molecule has 0 aliphatic rings. The number of pyridine rings is 1. The molecule has 1 atom stereocenters. The average molecular weight is 224 g/mol. The van der Waals surface area contributed by atoms with Gasteiger partial charge in [0.15, 0.2) is 5.78 Å². The maximum Gasteiger partial charge on any atom is 0.152 e. The van der Waals surface area contributed by atoms with E-state index in [1.165, 1.54) is 0 Å². The van der Waals surface area contributed by atoms with Crippen molar-refractivity contribution in [2.45, 2.75) is 40.2 Å². The minimum atomic E-state index is -0.426. The van der Waals surface area contributed by atoms with E-state index in [1.807, 2.05) is 45.9 Å². The highest BCUT2D eigenvalue weighted by molar-refractivity contribution is 5.85. The van der Waals surface area contributed by atoms with Gasteiger partial charge in [0.25, 0.3) is 0 Å². The summed E-state index contributed by atoms with van der Waals surface area (Å²) in [6, 6.07) is 5.20. The van der Waals surface area contributed by atoms with E-state index in [4.69, 9.17) is 5.73 Å². The zero-order chi connectivity index (χ0) is 12.6. The third kappa shape index (κ3) is 5.03. The zero-order valence-corrected chi connectivity index (χ0v) is 10.6. The average Bonchev–Trinajstić information content (AvgIpc) is 2.31. The van der Waals surface area contributed by atoms with Crippen molar-refractivity contribution in [3.63, 3.8) is 0 Å². The molecule has 1 rings (SSSR count). The van der Waals surface area contributed by atoms with Crippen molar-refractivity contribution >= 4 is 5.78 Å². The van der Waals surface area contributed by atoms with E-state index in [9.17, 15) is 4.79 Å². The molecule has 92 valence electrons. The SMILES string of the molecule is CC.CC(C)C(=O)[C@@H](N)Cc1ccccn1.[HH]. The first kappa shape index (κ1) is 14.8. The minimum Gasteiger partial charge on any atom is -0.321 e. The number of carbonyl (C=O) groups is 1. The van der Waals surface area contributed by atoms with Gasteiger partial charge in [-0.1, -0.05) is 33.8 Å². The summed E-state index contributed by atoms with van der Waals surface area (Å²) in [5.74, 6) is 0.0874. The Morgan fingerprint density at radius 3 is 2.50 bits per heavy atom. The number of hydrogen-bond donors (Lipinski definition) is 1. The monoisotopic (exact) mass is 224 g/mol. The van der Waals surface area contributed by atoms with Crippen LogP contribution in [0, 0.1) is 5.92 Å². The molecule has 0 fully saturated rings. The molecular weight excluding hydrogens is 200 g/mol.